The summed E-state index contributed by atoms with van der Waals surface area (Å²) in [6.07, 6.45) is 1.83. The van der Waals surface area contributed by atoms with E-state index in [9.17, 15) is 0 Å². The summed E-state index contributed by atoms with van der Waals surface area (Å²) in [4.78, 5) is 5.03. The van der Waals surface area contributed by atoms with Crippen LogP contribution in [0, 0.1) is 0 Å². The SMILES string of the molecule is CC(C)c1ccc2c(-c3nc4ccccc4n3-c3ccc4c(c3)oc3ccccc34)coc2c1. The van der Waals surface area contributed by atoms with Crippen molar-refractivity contribution in [2.45, 2.75) is 19.8 Å². The Morgan fingerprint density at radius 1 is 0.735 bits per heavy atom. The van der Waals surface area contributed by atoms with E-state index < -0.39 is 0 Å². The molecule has 0 spiro atoms. The second-order valence-electron chi connectivity index (χ2n) is 9.10. The maximum atomic E-state index is 6.19. The Kier molecular flexibility index (Phi) is 4.00. The Morgan fingerprint density at radius 2 is 1.53 bits per heavy atom. The Bertz CT molecular complexity index is 1850. The van der Waals surface area contributed by atoms with Crippen molar-refractivity contribution in [3.63, 3.8) is 0 Å². The Morgan fingerprint density at radius 3 is 2.44 bits per heavy atom. The third-order valence-electron chi connectivity index (χ3n) is 6.69. The van der Waals surface area contributed by atoms with Gasteiger partial charge in [0, 0.05) is 22.2 Å². The van der Waals surface area contributed by atoms with Gasteiger partial charge in [-0.3, -0.25) is 4.57 Å². The first-order valence-corrected chi connectivity index (χ1v) is 11.6. The summed E-state index contributed by atoms with van der Waals surface area (Å²) in [5, 5.41) is 3.30. The average molecular weight is 443 g/mol. The fourth-order valence-corrected chi connectivity index (χ4v) is 4.90. The molecule has 0 saturated carbocycles. The lowest BCUT2D eigenvalue weighted by Crippen LogP contribution is -1.97. The van der Waals surface area contributed by atoms with Crippen molar-refractivity contribution >= 4 is 43.9 Å². The summed E-state index contributed by atoms with van der Waals surface area (Å²) in [7, 11) is 0. The van der Waals surface area contributed by atoms with E-state index in [0.717, 1.165) is 61.0 Å². The summed E-state index contributed by atoms with van der Waals surface area (Å²) >= 11 is 0. The Labute approximate surface area is 196 Å². The third-order valence-corrected chi connectivity index (χ3v) is 6.69. The standard InChI is InChI=1S/C30H22N2O2/c1-18(2)19-11-13-23-24(17-33-28(23)15-19)30-31-25-8-4-5-9-26(25)32(30)20-12-14-22-21-7-3-6-10-27(21)34-29(22)16-20/h3-18H,1-2H3. The van der Waals surface area contributed by atoms with Crippen LogP contribution in [0.5, 0.6) is 0 Å². The van der Waals surface area contributed by atoms with Gasteiger partial charge < -0.3 is 8.83 Å². The smallest absolute Gasteiger partial charge is 0.149 e. The molecule has 3 aromatic heterocycles. The number of benzene rings is 4. The largest absolute Gasteiger partial charge is 0.464 e. The molecule has 0 bridgehead atoms. The first kappa shape index (κ1) is 19.2. The van der Waals surface area contributed by atoms with Crippen LogP contribution in [0.3, 0.4) is 0 Å². The number of furan rings is 2. The van der Waals surface area contributed by atoms with Crippen molar-refractivity contribution in [1.29, 1.82) is 0 Å². The number of hydrogen-bond acceptors (Lipinski definition) is 3. The molecule has 164 valence electrons. The molecule has 0 aliphatic heterocycles. The molecule has 34 heavy (non-hydrogen) atoms. The second kappa shape index (κ2) is 7.09. The molecule has 4 aromatic carbocycles. The predicted octanol–water partition coefficient (Wildman–Crippen LogP) is 8.46. The molecule has 0 atom stereocenters. The highest BCUT2D eigenvalue weighted by atomic mass is 16.3. The first-order valence-electron chi connectivity index (χ1n) is 11.6. The molecular weight excluding hydrogens is 420 g/mol. The van der Waals surface area contributed by atoms with Crippen molar-refractivity contribution < 1.29 is 8.83 Å². The summed E-state index contributed by atoms with van der Waals surface area (Å²) in [6.45, 7) is 4.39. The van der Waals surface area contributed by atoms with Gasteiger partial charge >= 0.3 is 0 Å². The zero-order chi connectivity index (χ0) is 22.8. The fourth-order valence-electron chi connectivity index (χ4n) is 4.90. The molecule has 0 aliphatic carbocycles. The number of aromatic nitrogens is 2. The number of nitrogens with zero attached hydrogens (tertiary/aromatic N) is 2. The Balaban J connectivity index is 1.49. The monoisotopic (exact) mass is 442 g/mol. The molecule has 4 nitrogen and oxygen atoms in total. The molecule has 7 rings (SSSR count). The van der Waals surface area contributed by atoms with E-state index in [1.165, 1.54) is 5.56 Å². The van der Waals surface area contributed by atoms with Gasteiger partial charge in [-0.25, -0.2) is 4.98 Å². The molecule has 3 heterocycles. The van der Waals surface area contributed by atoms with Crippen molar-refractivity contribution in [2.24, 2.45) is 0 Å². The van der Waals surface area contributed by atoms with Crippen LogP contribution in [0.25, 0.3) is 61.0 Å². The van der Waals surface area contributed by atoms with Crippen LogP contribution < -0.4 is 0 Å². The minimum atomic E-state index is 0.443. The maximum absolute atomic E-state index is 6.19. The molecule has 7 aromatic rings. The fraction of sp³-hybridized carbons (Fsp3) is 0.100. The molecule has 0 amide bonds. The molecule has 0 unspecified atom stereocenters. The molecule has 0 fully saturated rings. The van der Waals surface area contributed by atoms with Crippen LogP contribution in [-0.2, 0) is 0 Å². The van der Waals surface area contributed by atoms with Gasteiger partial charge in [0.1, 0.15) is 28.8 Å². The zero-order valence-electron chi connectivity index (χ0n) is 18.9. The highest BCUT2D eigenvalue weighted by molar-refractivity contribution is 6.05. The van der Waals surface area contributed by atoms with Crippen LogP contribution in [0.2, 0.25) is 0 Å². The van der Waals surface area contributed by atoms with Crippen molar-refractivity contribution in [3.8, 4) is 17.1 Å². The quantitative estimate of drug-likeness (QED) is 0.276. The van der Waals surface area contributed by atoms with Gasteiger partial charge in [-0.1, -0.05) is 56.3 Å². The highest BCUT2D eigenvalue weighted by Crippen LogP contribution is 2.37. The number of para-hydroxylation sites is 3. The number of imidazole rings is 1. The van der Waals surface area contributed by atoms with E-state index in [2.05, 4.69) is 66.9 Å². The van der Waals surface area contributed by atoms with Gasteiger partial charge in [-0.05, 0) is 47.9 Å². The zero-order valence-corrected chi connectivity index (χ0v) is 18.9. The molecule has 4 heteroatoms. The molecular formula is C30H22N2O2. The van der Waals surface area contributed by atoms with E-state index >= 15 is 0 Å². The lowest BCUT2D eigenvalue weighted by Gasteiger charge is -2.09. The normalized spacial score (nSPS) is 12.1. The van der Waals surface area contributed by atoms with Crippen LogP contribution in [0.15, 0.2) is 100 Å². The van der Waals surface area contributed by atoms with Crippen molar-refractivity contribution in [2.75, 3.05) is 0 Å². The second-order valence-corrected chi connectivity index (χ2v) is 9.10. The molecule has 0 N–H and O–H groups in total. The summed E-state index contributed by atoms with van der Waals surface area (Å²) in [6, 6.07) is 29.2. The van der Waals surface area contributed by atoms with E-state index in [1.54, 1.807) is 0 Å². The number of hydrogen-bond donors (Lipinski definition) is 0. The summed E-state index contributed by atoms with van der Waals surface area (Å²) in [5.41, 5.74) is 7.86. The van der Waals surface area contributed by atoms with E-state index in [4.69, 9.17) is 13.8 Å². The van der Waals surface area contributed by atoms with E-state index in [0.29, 0.717) is 5.92 Å². The van der Waals surface area contributed by atoms with Crippen molar-refractivity contribution in [1.82, 2.24) is 9.55 Å². The Hall–Kier alpha value is -4.31. The van der Waals surface area contributed by atoms with E-state index in [-0.39, 0.29) is 0 Å². The highest BCUT2D eigenvalue weighted by Gasteiger charge is 2.19. The van der Waals surface area contributed by atoms with Gasteiger partial charge in [0.25, 0.3) is 0 Å². The van der Waals surface area contributed by atoms with Gasteiger partial charge in [-0.15, -0.1) is 0 Å². The molecule has 0 radical (unpaired) electrons. The lowest BCUT2D eigenvalue weighted by molar-refractivity contribution is 0.615. The van der Waals surface area contributed by atoms with E-state index in [1.807, 2.05) is 42.7 Å². The molecule has 0 aliphatic rings. The van der Waals surface area contributed by atoms with Gasteiger partial charge in [0.2, 0.25) is 0 Å². The van der Waals surface area contributed by atoms with Gasteiger partial charge in [0.15, 0.2) is 0 Å². The minimum absolute atomic E-state index is 0.443. The van der Waals surface area contributed by atoms with Gasteiger partial charge in [0.05, 0.1) is 22.3 Å². The summed E-state index contributed by atoms with van der Waals surface area (Å²) in [5.74, 6) is 1.30. The predicted molar refractivity (Wildman–Crippen MR) is 138 cm³/mol. The van der Waals surface area contributed by atoms with Crippen LogP contribution in [0.4, 0.5) is 0 Å². The lowest BCUT2D eigenvalue weighted by atomic mass is 10.0. The first-order chi connectivity index (χ1) is 16.7. The third kappa shape index (κ3) is 2.75. The number of rotatable bonds is 3. The van der Waals surface area contributed by atoms with Crippen LogP contribution in [0.1, 0.15) is 25.3 Å². The molecule has 0 saturated heterocycles. The van der Waals surface area contributed by atoms with Crippen LogP contribution >= 0.6 is 0 Å². The van der Waals surface area contributed by atoms with Crippen LogP contribution in [-0.4, -0.2) is 9.55 Å². The van der Waals surface area contributed by atoms with Gasteiger partial charge in [-0.2, -0.15) is 0 Å². The number of fused-ring (bicyclic) bond motifs is 5. The topological polar surface area (TPSA) is 44.1 Å². The minimum Gasteiger partial charge on any atom is -0.464 e. The van der Waals surface area contributed by atoms with Crippen molar-refractivity contribution in [3.05, 3.63) is 96.8 Å². The average Bonchev–Trinajstić information content (AvgIpc) is 3.55. The summed E-state index contributed by atoms with van der Waals surface area (Å²) < 4.78 is 14.4. The maximum Gasteiger partial charge on any atom is 0.149 e.